The van der Waals surface area contributed by atoms with E-state index < -0.39 is 0 Å². The predicted octanol–water partition coefficient (Wildman–Crippen LogP) is 3.07. The number of likely N-dealkylation sites (tertiary alicyclic amines) is 1. The van der Waals surface area contributed by atoms with Crippen LogP contribution in [0.25, 0.3) is 0 Å². The average molecular weight is 401 g/mol. The van der Waals surface area contributed by atoms with Crippen LogP contribution in [0.2, 0.25) is 0 Å². The number of aliphatic imine (C=N–C) groups is 1. The smallest absolute Gasteiger partial charge is 0.225 e. The third kappa shape index (κ3) is 6.46. The molecular weight excluding hydrogens is 364 g/mol. The first kappa shape index (κ1) is 21.6. The van der Waals surface area contributed by atoms with Gasteiger partial charge in [0.1, 0.15) is 0 Å². The molecule has 1 unspecified atom stereocenters. The summed E-state index contributed by atoms with van der Waals surface area (Å²) >= 11 is 0. The van der Waals surface area contributed by atoms with Crippen LogP contribution in [-0.4, -0.2) is 49.6 Å². The highest BCUT2D eigenvalue weighted by atomic mass is 16.5. The molecule has 1 atom stereocenters. The van der Waals surface area contributed by atoms with Gasteiger partial charge in [-0.15, -0.1) is 0 Å². The van der Waals surface area contributed by atoms with Crippen molar-refractivity contribution in [2.75, 3.05) is 26.7 Å². The summed E-state index contributed by atoms with van der Waals surface area (Å²) in [6.07, 6.45) is 6.81. The molecule has 1 amide bonds. The minimum absolute atomic E-state index is 0.255. The molecule has 2 fully saturated rings. The molecule has 1 aliphatic heterocycles. The van der Waals surface area contributed by atoms with E-state index in [9.17, 15) is 4.79 Å². The third-order valence-corrected chi connectivity index (χ3v) is 5.89. The number of guanidine groups is 1. The van der Waals surface area contributed by atoms with Gasteiger partial charge in [-0.3, -0.25) is 4.79 Å². The van der Waals surface area contributed by atoms with E-state index in [1.807, 2.05) is 0 Å². The Labute approximate surface area is 175 Å². The number of benzene rings is 1. The molecule has 0 aromatic heterocycles. The summed E-state index contributed by atoms with van der Waals surface area (Å²) in [5, 5.41) is 6.87. The summed E-state index contributed by atoms with van der Waals surface area (Å²) in [6.45, 7) is 5.78. The molecule has 1 aromatic carbocycles. The van der Waals surface area contributed by atoms with Crippen LogP contribution in [-0.2, 0) is 22.7 Å². The first-order chi connectivity index (χ1) is 14.2. The fraction of sp³-hybridized carbons (Fsp3) is 0.652. The van der Waals surface area contributed by atoms with Crippen LogP contribution in [0.5, 0.6) is 0 Å². The average Bonchev–Trinajstić information content (AvgIpc) is 3.22. The highest BCUT2D eigenvalue weighted by Gasteiger charge is 2.31. The van der Waals surface area contributed by atoms with Gasteiger partial charge in [-0.2, -0.15) is 0 Å². The Balaban J connectivity index is 1.51. The second-order valence-electron chi connectivity index (χ2n) is 8.19. The van der Waals surface area contributed by atoms with Crippen LogP contribution in [0.15, 0.2) is 29.3 Å². The number of nitrogens with one attached hydrogen (secondary N) is 2. The Morgan fingerprint density at radius 1 is 1.14 bits per heavy atom. The molecule has 1 heterocycles. The Hall–Kier alpha value is -2.08. The third-order valence-electron chi connectivity index (χ3n) is 5.89. The number of nitrogens with zero attached hydrogens (tertiary/aromatic N) is 2. The van der Waals surface area contributed by atoms with Crippen LogP contribution < -0.4 is 10.6 Å². The number of hydrogen-bond acceptors (Lipinski definition) is 3. The summed E-state index contributed by atoms with van der Waals surface area (Å²) in [7, 11) is 1.71. The molecule has 0 bridgehead atoms. The molecule has 3 rings (SSSR count). The Bertz CT molecular complexity index is 668. The molecule has 29 heavy (non-hydrogen) atoms. The normalized spacial score (nSPS) is 20.7. The molecule has 1 saturated heterocycles. The highest BCUT2D eigenvalue weighted by molar-refractivity contribution is 5.81. The minimum Gasteiger partial charge on any atom is -0.380 e. The van der Waals surface area contributed by atoms with Gasteiger partial charge in [0, 0.05) is 38.7 Å². The molecule has 2 aliphatic rings. The lowest BCUT2D eigenvalue weighted by molar-refractivity contribution is -0.135. The molecule has 0 radical (unpaired) electrons. The van der Waals surface area contributed by atoms with Crippen molar-refractivity contribution in [1.82, 2.24) is 15.5 Å². The number of hydrogen-bond donors (Lipinski definition) is 2. The molecule has 2 N–H and O–H groups in total. The zero-order valence-electron chi connectivity index (χ0n) is 18.0. The minimum atomic E-state index is 0.255. The molecule has 6 heteroatoms. The van der Waals surface area contributed by atoms with Crippen LogP contribution in [0.4, 0.5) is 0 Å². The molecule has 1 aromatic rings. The van der Waals surface area contributed by atoms with Crippen LogP contribution in [0.3, 0.4) is 0 Å². The van der Waals surface area contributed by atoms with Crippen molar-refractivity contribution in [2.24, 2.45) is 10.9 Å². The Kier molecular flexibility index (Phi) is 8.35. The largest absolute Gasteiger partial charge is 0.380 e. The van der Waals surface area contributed by atoms with E-state index in [1.54, 1.807) is 7.11 Å². The van der Waals surface area contributed by atoms with E-state index in [0.29, 0.717) is 19.1 Å². The fourth-order valence-electron chi connectivity index (χ4n) is 4.28. The molecular formula is C23H36N4O2. The van der Waals surface area contributed by atoms with Gasteiger partial charge in [0.05, 0.1) is 13.2 Å². The quantitative estimate of drug-likeness (QED) is 0.545. The fourth-order valence-corrected chi connectivity index (χ4v) is 4.28. The summed E-state index contributed by atoms with van der Waals surface area (Å²) in [5.74, 6) is 1.45. The second-order valence-corrected chi connectivity index (χ2v) is 8.19. The summed E-state index contributed by atoms with van der Waals surface area (Å²) in [5.41, 5.74) is 2.33. The number of carbonyl (C=O) groups is 1. The Morgan fingerprint density at radius 3 is 2.55 bits per heavy atom. The predicted molar refractivity (Wildman–Crippen MR) is 117 cm³/mol. The molecule has 6 nitrogen and oxygen atoms in total. The van der Waals surface area contributed by atoms with Gasteiger partial charge in [0.25, 0.3) is 0 Å². The Morgan fingerprint density at radius 2 is 1.86 bits per heavy atom. The molecule has 1 aliphatic carbocycles. The van der Waals surface area contributed by atoms with Crippen molar-refractivity contribution in [1.29, 1.82) is 0 Å². The van der Waals surface area contributed by atoms with Crippen LogP contribution in [0.1, 0.15) is 56.6 Å². The summed E-state index contributed by atoms with van der Waals surface area (Å²) in [6, 6.07) is 8.63. The lowest BCUT2D eigenvalue weighted by Gasteiger charge is -2.26. The number of carbonyl (C=O) groups excluding carboxylic acids is 1. The van der Waals surface area contributed by atoms with Crippen molar-refractivity contribution in [2.45, 2.75) is 64.6 Å². The zero-order chi connectivity index (χ0) is 20.5. The maximum Gasteiger partial charge on any atom is 0.225 e. The summed E-state index contributed by atoms with van der Waals surface area (Å²) < 4.78 is 5.16. The number of methoxy groups -OCH3 is 1. The SMILES string of the molecule is CCNC(=NCc1ccc(COC)cc1)NC1CCN(C(=O)C2CCCCC2)C1. The van der Waals surface area contributed by atoms with E-state index in [1.165, 1.54) is 30.4 Å². The van der Waals surface area contributed by atoms with E-state index in [4.69, 9.17) is 9.73 Å². The van der Waals surface area contributed by atoms with Gasteiger partial charge in [-0.1, -0.05) is 43.5 Å². The maximum atomic E-state index is 12.8. The van der Waals surface area contributed by atoms with Crippen molar-refractivity contribution >= 4 is 11.9 Å². The number of rotatable bonds is 7. The zero-order valence-corrected chi connectivity index (χ0v) is 18.0. The van der Waals surface area contributed by atoms with Crippen molar-refractivity contribution < 1.29 is 9.53 Å². The van der Waals surface area contributed by atoms with E-state index >= 15 is 0 Å². The maximum absolute atomic E-state index is 12.8. The van der Waals surface area contributed by atoms with E-state index in [0.717, 1.165) is 44.9 Å². The second kappa shape index (κ2) is 11.2. The molecule has 1 saturated carbocycles. The molecule has 0 spiro atoms. The first-order valence-electron chi connectivity index (χ1n) is 11.1. The molecule has 160 valence electrons. The van der Waals surface area contributed by atoms with Gasteiger partial charge in [-0.05, 0) is 37.3 Å². The lowest BCUT2D eigenvalue weighted by Crippen LogP contribution is -2.45. The van der Waals surface area contributed by atoms with Crippen molar-refractivity contribution in [3.8, 4) is 0 Å². The van der Waals surface area contributed by atoms with Gasteiger partial charge in [0.15, 0.2) is 5.96 Å². The van der Waals surface area contributed by atoms with Gasteiger partial charge in [0.2, 0.25) is 5.91 Å². The van der Waals surface area contributed by atoms with Crippen LogP contribution in [0, 0.1) is 5.92 Å². The van der Waals surface area contributed by atoms with Crippen LogP contribution >= 0.6 is 0 Å². The van der Waals surface area contributed by atoms with Gasteiger partial charge >= 0.3 is 0 Å². The van der Waals surface area contributed by atoms with Crippen molar-refractivity contribution in [3.05, 3.63) is 35.4 Å². The highest BCUT2D eigenvalue weighted by Crippen LogP contribution is 2.26. The standard InChI is InChI=1S/C23H36N4O2/c1-3-24-23(25-15-18-9-11-19(12-10-18)17-29-2)26-21-13-14-27(16-21)22(28)20-7-5-4-6-8-20/h9-12,20-21H,3-8,13-17H2,1-2H3,(H2,24,25,26). The summed E-state index contributed by atoms with van der Waals surface area (Å²) in [4.78, 5) is 19.6. The van der Waals surface area contributed by atoms with Gasteiger partial charge < -0.3 is 20.3 Å². The number of ether oxygens (including phenoxy) is 1. The van der Waals surface area contributed by atoms with Crippen molar-refractivity contribution in [3.63, 3.8) is 0 Å². The number of amides is 1. The van der Waals surface area contributed by atoms with E-state index in [2.05, 4.69) is 46.7 Å². The monoisotopic (exact) mass is 400 g/mol. The van der Waals surface area contributed by atoms with E-state index in [-0.39, 0.29) is 12.0 Å². The lowest BCUT2D eigenvalue weighted by atomic mass is 9.88. The first-order valence-corrected chi connectivity index (χ1v) is 11.1. The van der Waals surface area contributed by atoms with Gasteiger partial charge in [-0.25, -0.2) is 4.99 Å². The topological polar surface area (TPSA) is 66.0 Å².